The summed E-state index contributed by atoms with van der Waals surface area (Å²) in [6, 6.07) is 23.5. The van der Waals surface area contributed by atoms with Gasteiger partial charge in [-0.1, -0.05) is 35.4 Å². The molecule has 1 aliphatic heterocycles. The Bertz CT molecular complexity index is 1130. The highest BCUT2D eigenvalue weighted by Gasteiger charge is 2.12. The lowest BCUT2D eigenvalue weighted by molar-refractivity contribution is 0.171. The third kappa shape index (κ3) is 3.88. The van der Waals surface area contributed by atoms with Crippen molar-refractivity contribution in [3.05, 3.63) is 78.4 Å². The third-order valence-corrected chi connectivity index (χ3v) is 4.61. The summed E-state index contributed by atoms with van der Waals surface area (Å²) < 4.78 is 18.6. The van der Waals surface area contributed by atoms with Gasteiger partial charge in [-0.2, -0.15) is 4.68 Å². The molecule has 0 atom stereocenters. The largest absolute Gasteiger partial charge is 0.486 e. The molecule has 0 spiro atoms. The molecule has 3 aromatic carbocycles. The van der Waals surface area contributed by atoms with Crippen molar-refractivity contribution in [2.75, 3.05) is 18.5 Å². The maximum atomic E-state index is 5.86. The van der Waals surface area contributed by atoms with Crippen molar-refractivity contribution in [3.8, 4) is 28.9 Å². The number of anilines is 1. The Morgan fingerprint density at radius 3 is 2.53 bits per heavy atom. The minimum Gasteiger partial charge on any atom is -0.486 e. The van der Waals surface area contributed by atoms with Gasteiger partial charge in [0.25, 0.3) is 0 Å². The highest BCUT2D eigenvalue weighted by molar-refractivity contribution is 5.55. The van der Waals surface area contributed by atoms with Crippen LogP contribution in [0.1, 0.15) is 5.56 Å². The zero-order valence-corrected chi connectivity index (χ0v) is 16.1. The molecule has 4 aromatic rings. The molecule has 0 saturated heterocycles. The Morgan fingerprint density at radius 2 is 1.70 bits per heavy atom. The van der Waals surface area contributed by atoms with Crippen LogP contribution < -0.4 is 19.5 Å². The van der Waals surface area contributed by atoms with Crippen molar-refractivity contribution >= 4 is 5.69 Å². The molecule has 8 nitrogen and oxygen atoms in total. The van der Waals surface area contributed by atoms with E-state index >= 15 is 0 Å². The van der Waals surface area contributed by atoms with Crippen molar-refractivity contribution in [3.63, 3.8) is 0 Å². The number of benzene rings is 3. The average Bonchev–Trinajstić information content (AvgIpc) is 3.27. The van der Waals surface area contributed by atoms with Crippen LogP contribution in [0.2, 0.25) is 0 Å². The number of nitrogens with zero attached hydrogens (tertiary/aromatic N) is 4. The van der Waals surface area contributed by atoms with Crippen LogP contribution in [-0.2, 0) is 6.54 Å². The van der Waals surface area contributed by atoms with Crippen LogP contribution in [0.5, 0.6) is 23.3 Å². The normalized spacial score (nSPS) is 12.4. The molecule has 0 radical (unpaired) electrons. The van der Waals surface area contributed by atoms with E-state index in [2.05, 4.69) is 20.8 Å². The first-order valence-electron chi connectivity index (χ1n) is 9.59. The van der Waals surface area contributed by atoms with E-state index in [0.29, 0.717) is 31.5 Å². The number of tetrazole rings is 1. The molecule has 5 rings (SSSR count). The van der Waals surface area contributed by atoms with Crippen molar-refractivity contribution in [1.29, 1.82) is 0 Å². The van der Waals surface area contributed by atoms with Gasteiger partial charge >= 0.3 is 6.01 Å². The van der Waals surface area contributed by atoms with E-state index in [1.54, 1.807) is 4.68 Å². The predicted molar refractivity (Wildman–Crippen MR) is 110 cm³/mol. The van der Waals surface area contributed by atoms with Crippen molar-refractivity contribution in [2.45, 2.75) is 6.54 Å². The van der Waals surface area contributed by atoms with Crippen LogP contribution in [0, 0.1) is 0 Å². The summed E-state index contributed by atoms with van der Waals surface area (Å²) in [6.45, 7) is 1.83. The summed E-state index contributed by atoms with van der Waals surface area (Å²) in [6.07, 6.45) is 0. The van der Waals surface area contributed by atoms with E-state index < -0.39 is 0 Å². The van der Waals surface area contributed by atoms with Crippen LogP contribution >= 0.6 is 0 Å². The number of para-hydroxylation sites is 1. The fraction of sp³-hybridized carbons (Fsp3) is 0.136. The molecule has 0 amide bonds. The summed E-state index contributed by atoms with van der Waals surface area (Å²) in [7, 11) is 0. The molecule has 8 heteroatoms. The van der Waals surface area contributed by atoms with E-state index in [0.717, 1.165) is 28.4 Å². The smallest absolute Gasteiger partial charge is 0.345 e. The molecular weight excluding hydrogens is 382 g/mol. The maximum Gasteiger partial charge on any atom is 0.345 e. The lowest BCUT2D eigenvalue weighted by Gasteiger charge is -2.19. The predicted octanol–water partition coefficient (Wildman–Crippen LogP) is 3.84. The van der Waals surface area contributed by atoms with Crippen molar-refractivity contribution in [2.24, 2.45) is 0 Å². The van der Waals surface area contributed by atoms with Crippen LogP contribution in [0.4, 0.5) is 5.69 Å². The fourth-order valence-corrected chi connectivity index (χ4v) is 3.11. The number of hydrogen-bond donors (Lipinski definition) is 1. The van der Waals surface area contributed by atoms with Crippen LogP contribution in [0.25, 0.3) is 5.69 Å². The molecule has 1 N–H and O–H groups in total. The minimum absolute atomic E-state index is 0.309. The highest BCUT2D eigenvalue weighted by atomic mass is 16.6. The quantitative estimate of drug-likeness (QED) is 0.526. The SMILES string of the molecule is c1ccc(-n2nnnc2Oc2ccc(CNc3ccc4c(c3)OCCO4)cc2)cc1. The molecule has 0 unspecified atom stereocenters. The average molecular weight is 401 g/mol. The molecule has 0 saturated carbocycles. The molecule has 0 bridgehead atoms. The third-order valence-electron chi connectivity index (χ3n) is 4.61. The first-order valence-corrected chi connectivity index (χ1v) is 9.59. The molecule has 0 aliphatic carbocycles. The number of rotatable bonds is 6. The zero-order chi connectivity index (χ0) is 20.2. The van der Waals surface area contributed by atoms with Gasteiger partial charge in [-0.05, 0) is 52.4 Å². The Labute approximate surface area is 173 Å². The number of ether oxygens (including phenoxy) is 3. The summed E-state index contributed by atoms with van der Waals surface area (Å²) in [5.41, 5.74) is 2.92. The van der Waals surface area contributed by atoms with Gasteiger partial charge in [-0.15, -0.1) is 0 Å². The molecule has 0 fully saturated rings. The molecule has 1 aliphatic rings. The van der Waals surface area contributed by atoms with Crippen LogP contribution in [-0.4, -0.2) is 33.4 Å². The van der Waals surface area contributed by atoms with E-state index in [4.69, 9.17) is 14.2 Å². The van der Waals surface area contributed by atoms with Gasteiger partial charge in [-0.3, -0.25) is 0 Å². The van der Waals surface area contributed by atoms with Crippen molar-refractivity contribution in [1.82, 2.24) is 20.2 Å². The number of hydrogen-bond acceptors (Lipinski definition) is 7. The van der Waals surface area contributed by atoms with Crippen LogP contribution in [0.15, 0.2) is 72.8 Å². The van der Waals surface area contributed by atoms with Crippen molar-refractivity contribution < 1.29 is 14.2 Å². The van der Waals surface area contributed by atoms with E-state index in [1.165, 1.54) is 0 Å². The summed E-state index contributed by atoms with van der Waals surface area (Å²) in [5, 5.41) is 15.1. The summed E-state index contributed by atoms with van der Waals surface area (Å²) in [5.74, 6) is 2.21. The van der Waals surface area contributed by atoms with Gasteiger partial charge in [0.2, 0.25) is 0 Å². The van der Waals surface area contributed by atoms with E-state index in [-0.39, 0.29) is 0 Å². The number of nitrogens with one attached hydrogen (secondary N) is 1. The second kappa shape index (κ2) is 8.12. The molecule has 150 valence electrons. The van der Waals surface area contributed by atoms with Crippen LogP contribution in [0.3, 0.4) is 0 Å². The summed E-state index contributed by atoms with van der Waals surface area (Å²) in [4.78, 5) is 0. The zero-order valence-electron chi connectivity index (χ0n) is 16.1. The van der Waals surface area contributed by atoms with Gasteiger partial charge in [0.05, 0.1) is 5.69 Å². The Hall–Kier alpha value is -4.07. The van der Waals surface area contributed by atoms with Gasteiger partial charge in [0.15, 0.2) is 11.5 Å². The number of aromatic nitrogens is 4. The number of fused-ring (bicyclic) bond motifs is 1. The van der Waals surface area contributed by atoms with Gasteiger partial charge in [-0.25, -0.2) is 0 Å². The maximum absolute atomic E-state index is 5.86. The second-order valence-electron chi connectivity index (χ2n) is 6.67. The van der Waals surface area contributed by atoms with Gasteiger partial charge < -0.3 is 19.5 Å². The lowest BCUT2D eigenvalue weighted by Crippen LogP contribution is -2.15. The monoisotopic (exact) mass is 401 g/mol. The Morgan fingerprint density at radius 1 is 0.900 bits per heavy atom. The van der Waals surface area contributed by atoms with Gasteiger partial charge in [0, 0.05) is 18.3 Å². The molecular formula is C22H19N5O3. The first kappa shape index (κ1) is 18.0. The van der Waals surface area contributed by atoms with E-state index in [9.17, 15) is 0 Å². The standard InChI is InChI=1S/C22H19N5O3/c1-2-4-18(5-3-1)27-22(24-25-26-27)30-19-9-6-16(7-10-19)15-23-17-8-11-20-21(14-17)29-13-12-28-20/h1-11,14,23H,12-13,15H2. The molecule has 2 heterocycles. The minimum atomic E-state index is 0.309. The van der Waals surface area contributed by atoms with E-state index in [1.807, 2.05) is 72.8 Å². The Kier molecular flexibility index (Phi) is 4.87. The topological polar surface area (TPSA) is 83.3 Å². The lowest BCUT2D eigenvalue weighted by atomic mass is 10.2. The van der Waals surface area contributed by atoms with Gasteiger partial charge in [0.1, 0.15) is 19.0 Å². The fourth-order valence-electron chi connectivity index (χ4n) is 3.11. The second-order valence-corrected chi connectivity index (χ2v) is 6.67. The molecule has 30 heavy (non-hydrogen) atoms. The highest BCUT2D eigenvalue weighted by Crippen LogP contribution is 2.32. The first-order chi connectivity index (χ1) is 14.8. The Balaban J connectivity index is 1.23. The summed E-state index contributed by atoms with van der Waals surface area (Å²) >= 11 is 0. The molecule has 1 aromatic heterocycles.